The Morgan fingerprint density at radius 2 is 2.00 bits per heavy atom. The monoisotopic (exact) mass is 301 g/mol. The van der Waals surface area contributed by atoms with Crippen molar-refractivity contribution in [1.82, 2.24) is 0 Å². The number of hydrogen-bond acceptors (Lipinski definition) is 2. The number of thioether (sulfide) groups is 1. The molecule has 0 aromatic heterocycles. The average Bonchev–Trinajstić information content (AvgIpc) is 2.26. The third-order valence-corrected chi connectivity index (χ3v) is 3.63. The lowest BCUT2D eigenvalue weighted by Gasteiger charge is -2.04. The van der Waals surface area contributed by atoms with Crippen molar-refractivity contribution in [2.24, 2.45) is 0 Å². The van der Waals surface area contributed by atoms with E-state index in [-0.39, 0.29) is 5.91 Å². The van der Waals surface area contributed by atoms with E-state index < -0.39 is 0 Å². The van der Waals surface area contributed by atoms with E-state index >= 15 is 0 Å². The van der Waals surface area contributed by atoms with Crippen LogP contribution in [0, 0.1) is 0 Å². The molecule has 0 spiro atoms. The van der Waals surface area contributed by atoms with Gasteiger partial charge in [0.2, 0.25) is 5.91 Å². The highest BCUT2D eigenvalue weighted by molar-refractivity contribution is 9.09. The molecule has 0 saturated heterocycles. The summed E-state index contributed by atoms with van der Waals surface area (Å²) < 4.78 is 0. The lowest BCUT2D eigenvalue weighted by Crippen LogP contribution is -2.05. The van der Waals surface area contributed by atoms with Crippen LogP contribution < -0.4 is 5.32 Å². The normalized spacial score (nSPS) is 10.1. The van der Waals surface area contributed by atoms with Crippen molar-refractivity contribution in [3.63, 3.8) is 0 Å². The van der Waals surface area contributed by atoms with Crippen LogP contribution in [-0.2, 0) is 4.79 Å². The first-order valence-electron chi connectivity index (χ1n) is 5.29. The first-order chi connectivity index (χ1) is 7.72. The number of nitrogens with one attached hydrogen (secondary N) is 1. The number of halogens is 1. The smallest absolute Gasteiger partial charge is 0.221 e. The van der Waals surface area contributed by atoms with E-state index in [1.54, 1.807) is 0 Å². The highest BCUT2D eigenvalue weighted by atomic mass is 79.9. The average molecular weight is 302 g/mol. The number of alkyl halides is 1. The summed E-state index contributed by atoms with van der Waals surface area (Å²) in [5.41, 5.74) is 0.859. The number of amides is 1. The zero-order chi connectivity index (χ0) is 11.8. The molecule has 0 fully saturated rings. The predicted molar refractivity (Wildman–Crippen MR) is 74.5 cm³/mol. The number of carbonyl (C=O) groups excluding carboxylic acids is 1. The molecule has 0 radical (unpaired) electrons. The van der Waals surface area contributed by atoms with E-state index in [0.717, 1.165) is 16.8 Å². The maximum Gasteiger partial charge on any atom is 0.221 e. The second kappa shape index (κ2) is 7.74. The SMILES string of the molecule is CC(=O)Nc1ccc(SCCCCBr)cc1. The molecule has 1 aromatic carbocycles. The van der Waals surface area contributed by atoms with Crippen LogP contribution in [-0.4, -0.2) is 17.0 Å². The zero-order valence-electron chi connectivity index (χ0n) is 9.33. The third kappa shape index (κ3) is 5.56. The second-order valence-electron chi connectivity index (χ2n) is 3.45. The Bertz CT molecular complexity index is 326. The van der Waals surface area contributed by atoms with Gasteiger partial charge in [-0.25, -0.2) is 0 Å². The Kier molecular flexibility index (Phi) is 6.57. The molecule has 0 unspecified atom stereocenters. The van der Waals surface area contributed by atoms with Crippen LogP contribution in [0.2, 0.25) is 0 Å². The lowest BCUT2D eigenvalue weighted by molar-refractivity contribution is -0.114. The summed E-state index contributed by atoms with van der Waals surface area (Å²) in [5, 5.41) is 3.83. The number of carbonyl (C=O) groups is 1. The largest absolute Gasteiger partial charge is 0.326 e. The minimum Gasteiger partial charge on any atom is -0.326 e. The topological polar surface area (TPSA) is 29.1 Å². The van der Waals surface area contributed by atoms with Crippen LogP contribution in [0.1, 0.15) is 19.8 Å². The van der Waals surface area contributed by atoms with Crippen LogP contribution in [0.3, 0.4) is 0 Å². The van der Waals surface area contributed by atoms with Crippen molar-refractivity contribution in [2.45, 2.75) is 24.7 Å². The molecule has 0 heterocycles. The fourth-order valence-electron chi connectivity index (χ4n) is 1.22. The van der Waals surface area contributed by atoms with Gasteiger partial charge in [0.25, 0.3) is 0 Å². The molecule has 0 aliphatic heterocycles. The Morgan fingerprint density at radius 1 is 1.31 bits per heavy atom. The maximum absolute atomic E-state index is 10.8. The summed E-state index contributed by atoms with van der Waals surface area (Å²) in [7, 11) is 0. The van der Waals surface area contributed by atoms with Crippen LogP contribution >= 0.6 is 27.7 Å². The van der Waals surface area contributed by atoms with Gasteiger partial charge in [0.15, 0.2) is 0 Å². The molecule has 16 heavy (non-hydrogen) atoms. The fourth-order valence-corrected chi connectivity index (χ4v) is 2.53. The number of unbranched alkanes of at least 4 members (excludes halogenated alkanes) is 1. The molecule has 0 aliphatic rings. The van der Waals surface area contributed by atoms with E-state index in [2.05, 4.69) is 21.2 Å². The molecule has 0 aliphatic carbocycles. The van der Waals surface area contributed by atoms with Crippen LogP contribution in [0.25, 0.3) is 0 Å². The van der Waals surface area contributed by atoms with Crippen molar-refractivity contribution in [3.8, 4) is 0 Å². The molecule has 2 nitrogen and oxygen atoms in total. The molecule has 1 rings (SSSR count). The summed E-state index contributed by atoms with van der Waals surface area (Å²) in [6.07, 6.45) is 2.44. The van der Waals surface area contributed by atoms with Gasteiger partial charge in [-0.1, -0.05) is 15.9 Å². The Balaban J connectivity index is 2.36. The lowest BCUT2D eigenvalue weighted by atomic mass is 10.3. The summed E-state index contributed by atoms with van der Waals surface area (Å²) >= 11 is 5.27. The van der Waals surface area contributed by atoms with Gasteiger partial charge in [0.1, 0.15) is 0 Å². The molecule has 0 atom stereocenters. The minimum absolute atomic E-state index is 0.0299. The Hall–Kier alpha value is -0.480. The molecule has 1 amide bonds. The summed E-state index contributed by atoms with van der Waals surface area (Å²) in [4.78, 5) is 12.1. The molecular weight excluding hydrogens is 286 g/mol. The van der Waals surface area contributed by atoms with Crippen LogP contribution in [0.5, 0.6) is 0 Å². The van der Waals surface area contributed by atoms with Gasteiger partial charge in [-0.3, -0.25) is 4.79 Å². The molecular formula is C12H16BrNOS. The summed E-state index contributed by atoms with van der Waals surface area (Å²) in [6.45, 7) is 1.52. The minimum atomic E-state index is -0.0299. The molecule has 1 aromatic rings. The maximum atomic E-state index is 10.8. The molecule has 88 valence electrons. The van der Waals surface area contributed by atoms with Crippen molar-refractivity contribution in [3.05, 3.63) is 24.3 Å². The predicted octanol–water partition coefficient (Wildman–Crippen LogP) is 3.91. The van der Waals surface area contributed by atoms with Crippen molar-refractivity contribution in [1.29, 1.82) is 0 Å². The van der Waals surface area contributed by atoms with Crippen LogP contribution in [0.4, 0.5) is 5.69 Å². The van der Waals surface area contributed by atoms with E-state index in [1.165, 1.54) is 24.7 Å². The third-order valence-electron chi connectivity index (χ3n) is 1.97. The summed E-state index contributed by atoms with van der Waals surface area (Å²) in [6, 6.07) is 7.97. The Labute approximate surface area is 109 Å². The molecule has 0 bridgehead atoms. The van der Waals surface area contributed by atoms with Gasteiger partial charge in [-0.2, -0.15) is 0 Å². The van der Waals surface area contributed by atoms with Gasteiger partial charge < -0.3 is 5.32 Å². The quantitative estimate of drug-likeness (QED) is 0.490. The second-order valence-corrected chi connectivity index (χ2v) is 5.41. The van der Waals surface area contributed by atoms with E-state index in [1.807, 2.05) is 36.0 Å². The number of hydrogen-bond donors (Lipinski definition) is 1. The van der Waals surface area contributed by atoms with Gasteiger partial charge >= 0.3 is 0 Å². The fraction of sp³-hybridized carbons (Fsp3) is 0.417. The number of benzene rings is 1. The first-order valence-corrected chi connectivity index (χ1v) is 7.39. The van der Waals surface area contributed by atoms with E-state index in [4.69, 9.17) is 0 Å². The highest BCUT2D eigenvalue weighted by Gasteiger charge is 1.97. The highest BCUT2D eigenvalue weighted by Crippen LogP contribution is 2.21. The number of rotatable bonds is 6. The van der Waals surface area contributed by atoms with Crippen molar-refractivity contribution >= 4 is 39.3 Å². The molecule has 0 saturated carbocycles. The molecule has 1 N–H and O–H groups in total. The van der Waals surface area contributed by atoms with Crippen LogP contribution in [0.15, 0.2) is 29.2 Å². The molecule has 4 heteroatoms. The first kappa shape index (κ1) is 13.6. The van der Waals surface area contributed by atoms with Gasteiger partial charge in [0.05, 0.1) is 0 Å². The van der Waals surface area contributed by atoms with Gasteiger partial charge in [-0.15, -0.1) is 11.8 Å². The van der Waals surface area contributed by atoms with Crippen molar-refractivity contribution in [2.75, 3.05) is 16.4 Å². The number of anilines is 1. The van der Waals surface area contributed by atoms with E-state index in [9.17, 15) is 4.79 Å². The summed E-state index contributed by atoms with van der Waals surface area (Å²) in [5.74, 6) is 1.11. The van der Waals surface area contributed by atoms with Gasteiger partial charge in [0, 0.05) is 22.8 Å². The Morgan fingerprint density at radius 3 is 2.56 bits per heavy atom. The zero-order valence-corrected chi connectivity index (χ0v) is 11.7. The van der Waals surface area contributed by atoms with E-state index in [0.29, 0.717) is 0 Å². The standard InChI is InChI=1S/C12H16BrNOS/c1-10(15)14-11-4-6-12(7-5-11)16-9-3-2-8-13/h4-7H,2-3,8-9H2,1H3,(H,14,15). The van der Waals surface area contributed by atoms with Gasteiger partial charge in [-0.05, 0) is 42.9 Å². The van der Waals surface area contributed by atoms with Crippen molar-refractivity contribution < 1.29 is 4.79 Å².